The number of rotatable bonds is 2. The molecule has 2 atom stereocenters. The van der Waals surface area contributed by atoms with Crippen molar-refractivity contribution in [3.8, 4) is 0 Å². The van der Waals surface area contributed by atoms with Gasteiger partial charge in [0.25, 0.3) is 0 Å². The number of esters is 1. The number of ether oxygens (including phenoxy) is 1. The second-order valence-electron chi connectivity index (χ2n) is 5.96. The lowest BCUT2D eigenvalue weighted by Gasteiger charge is -2.31. The maximum Gasteiger partial charge on any atom is 0.414 e. The summed E-state index contributed by atoms with van der Waals surface area (Å²) in [6, 6.07) is 0. The Kier molecular flexibility index (Phi) is 4.55. The number of carbonyl (C=O) groups is 3. The summed E-state index contributed by atoms with van der Waals surface area (Å²) in [6.07, 6.45) is -1.29. The minimum Gasteiger partial charge on any atom is -0.465 e. The average molecular weight is 271 g/mol. The molecule has 1 fully saturated rings. The second kappa shape index (κ2) is 5.59. The van der Waals surface area contributed by atoms with E-state index in [0.717, 1.165) is 4.90 Å². The van der Waals surface area contributed by atoms with Gasteiger partial charge in [-0.05, 0) is 18.8 Å². The molecule has 1 rings (SSSR count). The monoisotopic (exact) mass is 271 g/mol. The molecule has 6 heteroatoms. The van der Waals surface area contributed by atoms with Gasteiger partial charge in [0.2, 0.25) is 5.91 Å². The van der Waals surface area contributed by atoms with Gasteiger partial charge in [-0.1, -0.05) is 20.8 Å². The van der Waals surface area contributed by atoms with E-state index in [1.165, 1.54) is 0 Å². The summed E-state index contributed by atoms with van der Waals surface area (Å²) in [6.45, 7) is 7.75. The van der Waals surface area contributed by atoms with Crippen molar-refractivity contribution in [1.82, 2.24) is 4.90 Å². The smallest absolute Gasteiger partial charge is 0.414 e. The van der Waals surface area contributed by atoms with Gasteiger partial charge in [0.15, 0.2) is 0 Å². The number of imide groups is 1. The Balaban J connectivity index is 2.57. The van der Waals surface area contributed by atoms with E-state index in [1.807, 2.05) is 27.7 Å². The van der Waals surface area contributed by atoms with Crippen LogP contribution in [0.2, 0.25) is 0 Å². The van der Waals surface area contributed by atoms with Crippen LogP contribution in [-0.4, -0.2) is 40.6 Å². The fourth-order valence-electron chi connectivity index (χ4n) is 1.68. The topological polar surface area (TPSA) is 83.9 Å². The van der Waals surface area contributed by atoms with E-state index in [-0.39, 0.29) is 24.5 Å². The molecule has 1 heterocycles. The van der Waals surface area contributed by atoms with E-state index >= 15 is 0 Å². The molecular weight excluding hydrogens is 250 g/mol. The van der Waals surface area contributed by atoms with Gasteiger partial charge in [0.1, 0.15) is 6.10 Å². The van der Waals surface area contributed by atoms with Gasteiger partial charge in [-0.2, -0.15) is 0 Å². The molecule has 19 heavy (non-hydrogen) atoms. The normalized spacial score (nSPS) is 22.0. The van der Waals surface area contributed by atoms with Crippen molar-refractivity contribution >= 4 is 18.0 Å². The van der Waals surface area contributed by atoms with Crippen LogP contribution in [0, 0.1) is 11.3 Å². The predicted octanol–water partition coefficient (Wildman–Crippen LogP) is 1.88. The molecule has 2 unspecified atom stereocenters. The number of carboxylic acid groups (broad SMARTS) is 1. The molecule has 0 aliphatic carbocycles. The first-order valence-corrected chi connectivity index (χ1v) is 6.36. The quantitative estimate of drug-likeness (QED) is 0.775. The number of amides is 2. The van der Waals surface area contributed by atoms with Crippen molar-refractivity contribution < 1.29 is 24.2 Å². The summed E-state index contributed by atoms with van der Waals surface area (Å²) in [4.78, 5) is 35.0. The zero-order valence-corrected chi connectivity index (χ0v) is 11.8. The van der Waals surface area contributed by atoms with Crippen molar-refractivity contribution in [2.24, 2.45) is 11.3 Å². The van der Waals surface area contributed by atoms with E-state index < -0.39 is 23.9 Å². The molecule has 1 aliphatic rings. The number of hydrogen-bond donors (Lipinski definition) is 1. The summed E-state index contributed by atoms with van der Waals surface area (Å²) in [5, 5.41) is 8.77. The molecule has 6 nitrogen and oxygen atoms in total. The third kappa shape index (κ3) is 3.94. The highest BCUT2D eigenvalue weighted by Gasteiger charge is 2.36. The van der Waals surface area contributed by atoms with Crippen LogP contribution in [-0.2, 0) is 14.3 Å². The molecule has 0 aromatic rings. The molecule has 108 valence electrons. The van der Waals surface area contributed by atoms with Crippen molar-refractivity contribution in [3.05, 3.63) is 0 Å². The molecular formula is C13H21NO5. The summed E-state index contributed by atoms with van der Waals surface area (Å²) in [5.74, 6) is -1.49. The van der Waals surface area contributed by atoms with E-state index in [4.69, 9.17) is 9.84 Å². The third-order valence-electron chi connectivity index (χ3n) is 3.50. The van der Waals surface area contributed by atoms with Gasteiger partial charge < -0.3 is 9.84 Å². The first-order chi connectivity index (χ1) is 8.62. The van der Waals surface area contributed by atoms with Crippen LogP contribution in [0.4, 0.5) is 4.79 Å². The fraction of sp³-hybridized carbons (Fsp3) is 0.769. The van der Waals surface area contributed by atoms with Crippen LogP contribution in [0.15, 0.2) is 0 Å². The van der Waals surface area contributed by atoms with Crippen molar-refractivity contribution in [3.63, 3.8) is 0 Å². The second-order valence-corrected chi connectivity index (χ2v) is 5.96. The van der Waals surface area contributed by atoms with Gasteiger partial charge in [-0.25, -0.2) is 9.69 Å². The van der Waals surface area contributed by atoms with Crippen LogP contribution in [0.5, 0.6) is 0 Å². The van der Waals surface area contributed by atoms with Gasteiger partial charge >= 0.3 is 12.1 Å². The molecule has 0 aromatic carbocycles. The minimum absolute atomic E-state index is 0.0534. The fourth-order valence-corrected chi connectivity index (χ4v) is 1.68. The van der Waals surface area contributed by atoms with Crippen LogP contribution >= 0.6 is 0 Å². The van der Waals surface area contributed by atoms with Crippen LogP contribution in [0.25, 0.3) is 0 Å². The van der Waals surface area contributed by atoms with E-state index in [2.05, 4.69) is 0 Å². The SMILES string of the molecule is CC(OC(=O)C1CCN(C(=O)O)C(=O)C1)C(C)(C)C. The number of nitrogens with zero attached hydrogens (tertiary/aromatic N) is 1. The standard InChI is InChI=1S/C13H21NO5/c1-8(13(2,3)4)19-11(16)9-5-6-14(12(17)18)10(15)7-9/h8-9H,5-7H2,1-4H3,(H,17,18). The highest BCUT2D eigenvalue weighted by molar-refractivity contribution is 5.94. The van der Waals surface area contributed by atoms with Crippen LogP contribution < -0.4 is 0 Å². The molecule has 0 spiro atoms. The lowest BCUT2D eigenvalue weighted by atomic mass is 9.90. The molecule has 0 radical (unpaired) electrons. The average Bonchev–Trinajstić information content (AvgIpc) is 2.26. The lowest BCUT2D eigenvalue weighted by molar-refractivity contribution is -0.162. The van der Waals surface area contributed by atoms with E-state index in [1.54, 1.807) is 0 Å². The van der Waals surface area contributed by atoms with Crippen molar-refractivity contribution in [2.45, 2.75) is 46.6 Å². The summed E-state index contributed by atoms with van der Waals surface area (Å²) >= 11 is 0. The van der Waals surface area contributed by atoms with Gasteiger partial charge in [-0.3, -0.25) is 9.59 Å². The first-order valence-electron chi connectivity index (χ1n) is 6.36. The number of likely N-dealkylation sites (tertiary alicyclic amines) is 1. The Morgan fingerprint density at radius 1 is 1.42 bits per heavy atom. The largest absolute Gasteiger partial charge is 0.465 e. The third-order valence-corrected chi connectivity index (χ3v) is 3.50. The Morgan fingerprint density at radius 3 is 2.42 bits per heavy atom. The Labute approximate surface area is 112 Å². The molecule has 0 aromatic heterocycles. The first kappa shape index (κ1) is 15.5. The summed E-state index contributed by atoms with van der Waals surface area (Å²) in [7, 11) is 0. The molecule has 1 N–H and O–H groups in total. The minimum atomic E-state index is -1.26. The van der Waals surface area contributed by atoms with Crippen LogP contribution in [0.1, 0.15) is 40.5 Å². The van der Waals surface area contributed by atoms with Crippen molar-refractivity contribution in [2.75, 3.05) is 6.54 Å². The molecule has 1 aliphatic heterocycles. The Hall–Kier alpha value is -1.59. The van der Waals surface area contributed by atoms with E-state index in [9.17, 15) is 14.4 Å². The maximum atomic E-state index is 11.9. The predicted molar refractivity (Wildman–Crippen MR) is 67.5 cm³/mol. The zero-order chi connectivity index (χ0) is 14.8. The van der Waals surface area contributed by atoms with Gasteiger partial charge in [0, 0.05) is 13.0 Å². The summed E-state index contributed by atoms with van der Waals surface area (Å²) < 4.78 is 5.34. The summed E-state index contributed by atoms with van der Waals surface area (Å²) in [5.41, 5.74) is -0.165. The number of carbonyl (C=O) groups excluding carboxylic acids is 2. The van der Waals surface area contributed by atoms with Crippen molar-refractivity contribution in [1.29, 1.82) is 0 Å². The number of piperidine rings is 1. The molecule has 0 saturated carbocycles. The maximum absolute atomic E-state index is 11.9. The highest BCUT2D eigenvalue weighted by Crippen LogP contribution is 2.25. The zero-order valence-electron chi connectivity index (χ0n) is 11.8. The molecule has 0 bridgehead atoms. The lowest BCUT2D eigenvalue weighted by Crippen LogP contribution is -2.44. The van der Waals surface area contributed by atoms with E-state index in [0.29, 0.717) is 6.42 Å². The Bertz CT molecular complexity index is 385. The van der Waals surface area contributed by atoms with Gasteiger partial charge in [0.05, 0.1) is 5.92 Å². The highest BCUT2D eigenvalue weighted by atomic mass is 16.5. The number of hydrogen-bond acceptors (Lipinski definition) is 4. The van der Waals surface area contributed by atoms with Crippen LogP contribution in [0.3, 0.4) is 0 Å². The van der Waals surface area contributed by atoms with Gasteiger partial charge in [-0.15, -0.1) is 0 Å². The Morgan fingerprint density at radius 2 is 2.00 bits per heavy atom. The molecule has 2 amide bonds. The molecule has 1 saturated heterocycles.